The number of rotatable bonds is 3. The number of nitrogen functional groups attached to an aromatic ring is 1. The van der Waals surface area contributed by atoms with Gasteiger partial charge in [0.15, 0.2) is 5.82 Å². The van der Waals surface area contributed by atoms with Crippen molar-refractivity contribution in [2.24, 2.45) is 0 Å². The van der Waals surface area contributed by atoms with E-state index in [1.807, 2.05) is 25.1 Å². The molecular weight excluding hydrogens is 232 g/mol. The SMILES string of the molecule is CCNc1nnc(-c2ccc3[nH]nc(N)c3c2)o1. The van der Waals surface area contributed by atoms with Crippen LogP contribution in [0.4, 0.5) is 11.8 Å². The second kappa shape index (κ2) is 4.02. The first-order chi connectivity index (χ1) is 8.78. The molecule has 0 fully saturated rings. The van der Waals surface area contributed by atoms with E-state index in [9.17, 15) is 0 Å². The summed E-state index contributed by atoms with van der Waals surface area (Å²) in [4.78, 5) is 0. The molecule has 0 aliphatic heterocycles. The first-order valence-corrected chi connectivity index (χ1v) is 5.59. The molecule has 7 heteroatoms. The Bertz CT molecular complexity index is 686. The van der Waals surface area contributed by atoms with Gasteiger partial charge in [0.25, 0.3) is 0 Å². The average molecular weight is 244 g/mol. The van der Waals surface area contributed by atoms with Crippen LogP contribution in [0, 0.1) is 0 Å². The summed E-state index contributed by atoms with van der Waals surface area (Å²) in [6.07, 6.45) is 0. The van der Waals surface area contributed by atoms with Crippen LogP contribution in [0.5, 0.6) is 0 Å². The smallest absolute Gasteiger partial charge is 0.315 e. The Morgan fingerprint density at radius 3 is 3.11 bits per heavy atom. The fourth-order valence-corrected chi connectivity index (χ4v) is 1.73. The van der Waals surface area contributed by atoms with Crippen LogP contribution in [0.25, 0.3) is 22.4 Å². The Labute approximate surface area is 102 Å². The number of H-pyrrole nitrogens is 1. The minimum absolute atomic E-state index is 0.410. The van der Waals surface area contributed by atoms with Crippen LogP contribution >= 0.6 is 0 Å². The van der Waals surface area contributed by atoms with Crippen LogP contribution < -0.4 is 11.1 Å². The monoisotopic (exact) mass is 244 g/mol. The van der Waals surface area contributed by atoms with Gasteiger partial charge in [0.05, 0.1) is 5.52 Å². The molecule has 18 heavy (non-hydrogen) atoms. The lowest BCUT2D eigenvalue weighted by atomic mass is 10.1. The Morgan fingerprint density at radius 2 is 2.28 bits per heavy atom. The molecule has 7 nitrogen and oxygen atoms in total. The Kier molecular flexibility index (Phi) is 2.36. The van der Waals surface area contributed by atoms with E-state index >= 15 is 0 Å². The van der Waals surface area contributed by atoms with Crippen molar-refractivity contribution in [3.05, 3.63) is 18.2 Å². The summed E-state index contributed by atoms with van der Waals surface area (Å²) in [7, 11) is 0. The highest BCUT2D eigenvalue weighted by molar-refractivity contribution is 5.91. The van der Waals surface area contributed by atoms with Gasteiger partial charge in [-0.25, -0.2) is 0 Å². The number of benzene rings is 1. The predicted octanol–water partition coefficient (Wildman–Crippen LogP) is 1.63. The molecule has 0 amide bonds. The van der Waals surface area contributed by atoms with Crippen molar-refractivity contribution in [2.75, 3.05) is 17.6 Å². The molecule has 0 atom stereocenters. The zero-order valence-corrected chi connectivity index (χ0v) is 9.77. The number of hydrogen-bond donors (Lipinski definition) is 3. The maximum atomic E-state index is 5.75. The van der Waals surface area contributed by atoms with E-state index in [1.54, 1.807) is 0 Å². The van der Waals surface area contributed by atoms with Gasteiger partial charge in [-0.15, -0.1) is 5.10 Å². The van der Waals surface area contributed by atoms with Crippen LogP contribution in [0.15, 0.2) is 22.6 Å². The van der Waals surface area contributed by atoms with Crippen molar-refractivity contribution in [1.29, 1.82) is 0 Å². The molecule has 0 spiro atoms. The van der Waals surface area contributed by atoms with Gasteiger partial charge in [-0.05, 0) is 25.1 Å². The zero-order chi connectivity index (χ0) is 12.5. The van der Waals surface area contributed by atoms with Crippen molar-refractivity contribution in [3.8, 4) is 11.5 Å². The number of aromatic nitrogens is 4. The van der Waals surface area contributed by atoms with E-state index in [0.29, 0.717) is 17.7 Å². The highest BCUT2D eigenvalue weighted by Gasteiger charge is 2.10. The molecule has 1 aromatic carbocycles. The van der Waals surface area contributed by atoms with Gasteiger partial charge < -0.3 is 15.5 Å². The molecule has 3 rings (SSSR count). The molecule has 0 saturated carbocycles. The maximum Gasteiger partial charge on any atom is 0.315 e. The van der Waals surface area contributed by atoms with Crippen molar-refractivity contribution in [2.45, 2.75) is 6.92 Å². The van der Waals surface area contributed by atoms with Crippen molar-refractivity contribution >= 4 is 22.7 Å². The van der Waals surface area contributed by atoms with E-state index in [0.717, 1.165) is 23.0 Å². The molecule has 0 bridgehead atoms. The summed E-state index contributed by atoms with van der Waals surface area (Å²) >= 11 is 0. The standard InChI is InChI=1S/C11H12N6O/c1-2-13-11-17-16-10(18-11)6-3-4-8-7(5-6)9(12)15-14-8/h3-5H,2H2,1H3,(H,13,17)(H3,12,14,15). The Hall–Kier alpha value is -2.57. The molecule has 0 saturated heterocycles. The van der Waals surface area contributed by atoms with Crippen LogP contribution in [0.3, 0.4) is 0 Å². The van der Waals surface area contributed by atoms with E-state index < -0.39 is 0 Å². The molecule has 0 aliphatic carbocycles. The molecule has 0 radical (unpaired) electrons. The number of aromatic amines is 1. The first-order valence-electron chi connectivity index (χ1n) is 5.59. The highest BCUT2D eigenvalue weighted by atomic mass is 16.4. The third kappa shape index (κ3) is 1.65. The van der Waals surface area contributed by atoms with E-state index in [2.05, 4.69) is 25.7 Å². The summed E-state index contributed by atoms with van der Waals surface area (Å²) in [5.74, 6) is 0.909. The topological polar surface area (TPSA) is 106 Å². The number of nitrogens with zero attached hydrogens (tertiary/aromatic N) is 3. The van der Waals surface area contributed by atoms with Gasteiger partial charge >= 0.3 is 6.01 Å². The van der Waals surface area contributed by atoms with Crippen molar-refractivity contribution in [3.63, 3.8) is 0 Å². The zero-order valence-electron chi connectivity index (χ0n) is 9.77. The predicted molar refractivity (Wildman–Crippen MR) is 68.0 cm³/mol. The van der Waals surface area contributed by atoms with E-state index in [1.165, 1.54) is 0 Å². The largest absolute Gasteiger partial charge is 0.403 e. The van der Waals surface area contributed by atoms with Crippen LogP contribution in [-0.4, -0.2) is 26.9 Å². The average Bonchev–Trinajstić information content (AvgIpc) is 2.98. The Balaban J connectivity index is 2.04. The maximum absolute atomic E-state index is 5.75. The van der Waals surface area contributed by atoms with Crippen LogP contribution in [-0.2, 0) is 0 Å². The van der Waals surface area contributed by atoms with Gasteiger partial charge in [-0.3, -0.25) is 5.10 Å². The molecular formula is C11H12N6O. The van der Waals surface area contributed by atoms with Gasteiger partial charge in [-0.2, -0.15) is 5.10 Å². The van der Waals surface area contributed by atoms with Crippen molar-refractivity contribution < 1.29 is 4.42 Å². The fraction of sp³-hybridized carbons (Fsp3) is 0.182. The lowest BCUT2D eigenvalue weighted by molar-refractivity contribution is 0.582. The number of nitrogens with one attached hydrogen (secondary N) is 2. The lowest BCUT2D eigenvalue weighted by Gasteiger charge is -1.96. The van der Waals surface area contributed by atoms with Crippen LogP contribution in [0.1, 0.15) is 6.92 Å². The lowest BCUT2D eigenvalue weighted by Crippen LogP contribution is -1.95. The summed E-state index contributed by atoms with van der Waals surface area (Å²) in [6, 6.07) is 6.04. The molecule has 92 valence electrons. The molecule has 0 unspecified atom stereocenters. The van der Waals surface area contributed by atoms with Gasteiger partial charge in [0.1, 0.15) is 0 Å². The fourth-order valence-electron chi connectivity index (χ4n) is 1.73. The highest BCUT2D eigenvalue weighted by Crippen LogP contribution is 2.26. The van der Waals surface area contributed by atoms with E-state index in [4.69, 9.17) is 10.2 Å². The van der Waals surface area contributed by atoms with Gasteiger partial charge in [0.2, 0.25) is 5.89 Å². The van der Waals surface area contributed by atoms with Crippen molar-refractivity contribution in [1.82, 2.24) is 20.4 Å². The molecule has 2 heterocycles. The second-order valence-electron chi connectivity index (χ2n) is 3.81. The first kappa shape index (κ1) is 10.6. The number of hydrogen-bond acceptors (Lipinski definition) is 6. The molecule has 2 aromatic heterocycles. The molecule has 4 N–H and O–H groups in total. The summed E-state index contributed by atoms with van der Waals surface area (Å²) in [5.41, 5.74) is 7.44. The van der Waals surface area contributed by atoms with Gasteiger partial charge in [0, 0.05) is 17.5 Å². The molecule has 0 aliphatic rings. The number of fused-ring (bicyclic) bond motifs is 1. The van der Waals surface area contributed by atoms with Crippen LogP contribution in [0.2, 0.25) is 0 Å². The number of nitrogens with two attached hydrogens (primary N) is 1. The minimum Gasteiger partial charge on any atom is -0.403 e. The molecule has 3 aromatic rings. The normalized spacial score (nSPS) is 10.9. The Morgan fingerprint density at radius 1 is 1.39 bits per heavy atom. The summed E-state index contributed by atoms with van der Waals surface area (Å²) < 4.78 is 5.47. The third-order valence-electron chi connectivity index (χ3n) is 2.59. The number of anilines is 2. The summed E-state index contributed by atoms with van der Waals surface area (Å²) in [6.45, 7) is 2.69. The van der Waals surface area contributed by atoms with E-state index in [-0.39, 0.29) is 0 Å². The quantitative estimate of drug-likeness (QED) is 0.646. The van der Waals surface area contributed by atoms with Gasteiger partial charge in [-0.1, -0.05) is 5.10 Å². The third-order valence-corrected chi connectivity index (χ3v) is 2.59. The second-order valence-corrected chi connectivity index (χ2v) is 3.81. The minimum atomic E-state index is 0.410. The summed E-state index contributed by atoms with van der Waals surface area (Å²) in [5, 5.41) is 18.4.